The summed E-state index contributed by atoms with van der Waals surface area (Å²) in [5.74, 6) is -0.130. The second kappa shape index (κ2) is 6.00. The lowest BCUT2D eigenvalue weighted by Crippen LogP contribution is -2.23. The number of rotatable bonds is 4. The Morgan fingerprint density at radius 1 is 1.48 bits per heavy atom. The molecule has 1 fully saturated rings. The van der Waals surface area contributed by atoms with E-state index in [4.69, 9.17) is 14.6 Å². The number of anilines is 1. The van der Waals surface area contributed by atoms with Gasteiger partial charge in [0.2, 0.25) is 15.9 Å². The smallest absolute Gasteiger partial charge is 0.238 e. The topological polar surface area (TPSA) is 108 Å². The second-order valence-electron chi connectivity index (χ2n) is 4.97. The SMILES string of the molecule is COc1ccc(S(N)(=O)=O)cc1NC(=O)C1COC(C)C1. The Balaban J connectivity index is 2.23. The molecule has 2 atom stereocenters. The molecule has 1 heterocycles. The first-order valence-electron chi connectivity index (χ1n) is 6.44. The Morgan fingerprint density at radius 2 is 2.19 bits per heavy atom. The van der Waals surface area contributed by atoms with Crippen molar-refractivity contribution in [2.75, 3.05) is 19.0 Å². The van der Waals surface area contributed by atoms with Crippen LogP contribution in [-0.4, -0.2) is 34.1 Å². The van der Waals surface area contributed by atoms with Gasteiger partial charge in [-0.25, -0.2) is 13.6 Å². The van der Waals surface area contributed by atoms with Crippen LogP contribution in [0.15, 0.2) is 23.1 Å². The lowest BCUT2D eigenvalue weighted by Gasteiger charge is -2.13. The molecule has 0 radical (unpaired) electrons. The van der Waals surface area contributed by atoms with Crippen molar-refractivity contribution in [1.82, 2.24) is 0 Å². The molecule has 1 amide bonds. The van der Waals surface area contributed by atoms with Crippen molar-refractivity contribution in [3.63, 3.8) is 0 Å². The average Bonchev–Trinajstić information content (AvgIpc) is 2.84. The van der Waals surface area contributed by atoms with Gasteiger partial charge in [0.1, 0.15) is 5.75 Å². The molecule has 7 nitrogen and oxygen atoms in total. The summed E-state index contributed by atoms with van der Waals surface area (Å²) in [6.07, 6.45) is 0.668. The Hall–Kier alpha value is -1.64. The first-order valence-corrected chi connectivity index (χ1v) is 7.99. The van der Waals surface area contributed by atoms with Crippen molar-refractivity contribution < 1.29 is 22.7 Å². The van der Waals surface area contributed by atoms with E-state index in [1.165, 1.54) is 25.3 Å². The molecule has 1 aromatic rings. The van der Waals surface area contributed by atoms with E-state index in [2.05, 4.69) is 5.32 Å². The van der Waals surface area contributed by atoms with Gasteiger partial charge < -0.3 is 14.8 Å². The molecular formula is C13H18N2O5S. The number of primary sulfonamides is 1. The first kappa shape index (κ1) is 15.7. The molecule has 0 aliphatic carbocycles. The number of ether oxygens (including phenoxy) is 2. The second-order valence-corrected chi connectivity index (χ2v) is 6.53. The molecule has 1 aliphatic rings. The number of benzene rings is 1. The maximum absolute atomic E-state index is 12.2. The minimum Gasteiger partial charge on any atom is -0.495 e. The minimum atomic E-state index is -3.85. The third-order valence-electron chi connectivity index (χ3n) is 3.33. The fraction of sp³-hybridized carbons (Fsp3) is 0.462. The lowest BCUT2D eigenvalue weighted by atomic mass is 10.1. The fourth-order valence-electron chi connectivity index (χ4n) is 2.20. The van der Waals surface area contributed by atoms with E-state index in [0.717, 1.165) is 0 Å². The number of hydrogen-bond acceptors (Lipinski definition) is 5. The van der Waals surface area contributed by atoms with Gasteiger partial charge in [0.15, 0.2) is 0 Å². The van der Waals surface area contributed by atoms with Crippen LogP contribution in [0, 0.1) is 5.92 Å². The van der Waals surface area contributed by atoms with E-state index in [1.54, 1.807) is 0 Å². The zero-order valence-electron chi connectivity index (χ0n) is 11.8. The molecule has 1 aromatic carbocycles. The highest BCUT2D eigenvalue weighted by atomic mass is 32.2. The summed E-state index contributed by atoms with van der Waals surface area (Å²) in [5.41, 5.74) is 0.272. The summed E-state index contributed by atoms with van der Waals surface area (Å²) in [5, 5.41) is 7.76. The molecule has 1 aliphatic heterocycles. The van der Waals surface area contributed by atoms with E-state index < -0.39 is 10.0 Å². The van der Waals surface area contributed by atoms with Crippen LogP contribution in [0.25, 0.3) is 0 Å². The largest absolute Gasteiger partial charge is 0.495 e. The van der Waals surface area contributed by atoms with Crippen molar-refractivity contribution in [3.8, 4) is 5.75 Å². The molecule has 3 N–H and O–H groups in total. The maximum Gasteiger partial charge on any atom is 0.238 e. The van der Waals surface area contributed by atoms with Crippen LogP contribution in [-0.2, 0) is 19.6 Å². The molecule has 2 rings (SSSR count). The van der Waals surface area contributed by atoms with E-state index in [1.807, 2.05) is 6.92 Å². The fourth-order valence-corrected chi connectivity index (χ4v) is 2.74. The molecule has 116 valence electrons. The number of carbonyl (C=O) groups excluding carboxylic acids is 1. The predicted molar refractivity (Wildman–Crippen MR) is 76.5 cm³/mol. The molecule has 2 unspecified atom stereocenters. The Labute approximate surface area is 123 Å². The van der Waals surface area contributed by atoms with Gasteiger partial charge in [0, 0.05) is 0 Å². The van der Waals surface area contributed by atoms with Gasteiger partial charge >= 0.3 is 0 Å². The average molecular weight is 314 g/mol. The van der Waals surface area contributed by atoms with Crippen molar-refractivity contribution in [3.05, 3.63) is 18.2 Å². The van der Waals surface area contributed by atoms with Gasteiger partial charge in [-0.1, -0.05) is 0 Å². The van der Waals surface area contributed by atoms with Gasteiger partial charge in [-0.2, -0.15) is 0 Å². The number of nitrogens with one attached hydrogen (secondary N) is 1. The van der Waals surface area contributed by atoms with Gasteiger partial charge in [-0.05, 0) is 31.5 Å². The molecular weight excluding hydrogens is 296 g/mol. The molecule has 1 saturated heterocycles. The minimum absolute atomic E-state index is 0.0402. The van der Waals surface area contributed by atoms with Crippen LogP contribution < -0.4 is 15.2 Å². The maximum atomic E-state index is 12.2. The molecule has 0 aromatic heterocycles. The van der Waals surface area contributed by atoms with E-state index in [9.17, 15) is 13.2 Å². The number of nitrogens with two attached hydrogens (primary N) is 1. The Kier molecular flexibility index (Phi) is 4.50. The number of sulfonamides is 1. The highest BCUT2D eigenvalue weighted by molar-refractivity contribution is 7.89. The van der Waals surface area contributed by atoms with E-state index in [-0.39, 0.29) is 28.5 Å². The standard InChI is InChI=1S/C13H18N2O5S/c1-8-5-9(7-20-8)13(16)15-11-6-10(21(14,17)18)3-4-12(11)19-2/h3-4,6,8-9H,5,7H2,1-2H3,(H,15,16)(H2,14,17,18). The monoisotopic (exact) mass is 314 g/mol. The zero-order valence-corrected chi connectivity index (χ0v) is 12.6. The van der Waals surface area contributed by atoms with Crippen LogP contribution in [0.2, 0.25) is 0 Å². The molecule has 0 saturated carbocycles. The normalized spacial score (nSPS) is 22.0. The van der Waals surface area contributed by atoms with Crippen LogP contribution in [0.1, 0.15) is 13.3 Å². The number of hydrogen-bond donors (Lipinski definition) is 2. The lowest BCUT2D eigenvalue weighted by molar-refractivity contribution is -0.119. The zero-order chi connectivity index (χ0) is 15.6. The van der Waals surface area contributed by atoms with Crippen LogP contribution in [0.3, 0.4) is 0 Å². The van der Waals surface area contributed by atoms with Crippen LogP contribution in [0.4, 0.5) is 5.69 Å². The Bertz CT molecular complexity index is 644. The molecule has 8 heteroatoms. The van der Waals surface area contributed by atoms with Gasteiger partial charge in [-0.15, -0.1) is 0 Å². The van der Waals surface area contributed by atoms with Crippen molar-refractivity contribution in [1.29, 1.82) is 0 Å². The third kappa shape index (κ3) is 3.72. The number of amides is 1. The predicted octanol–water partition coefficient (Wildman–Crippen LogP) is 0.706. The summed E-state index contributed by atoms with van der Waals surface area (Å²) in [6.45, 7) is 2.25. The first-order chi connectivity index (χ1) is 9.81. The van der Waals surface area contributed by atoms with Gasteiger partial charge in [0.05, 0.1) is 36.3 Å². The van der Waals surface area contributed by atoms with Crippen molar-refractivity contribution in [2.24, 2.45) is 11.1 Å². The summed E-state index contributed by atoms with van der Waals surface area (Å²) < 4.78 is 33.2. The van der Waals surface area contributed by atoms with E-state index in [0.29, 0.717) is 18.8 Å². The summed E-state index contributed by atoms with van der Waals surface area (Å²) in [6, 6.07) is 4.05. The quantitative estimate of drug-likeness (QED) is 0.851. The van der Waals surface area contributed by atoms with Crippen molar-refractivity contribution in [2.45, 2.75) is 24.3 Å². The molecule has 0 bridgehead atoms. The van der Waals surface area contributed by atoms with E-state index >= 15 is 0 Å². The Morgan fingerprint density at radius 3 is 2.71 bits per heavy atom. The summed E-state index contributed by atoms with van der Waals surface area (Å²) in [7, 11) is -2.41. The number of carbonyl (C=O) groups is 1. The summed E-state index contributed by atoms with van der Waals surface area (Å²) in [4.78, 5) is 12.1. The third-order valence-corrected chi connectivity index (χ3v) is 4.24. The van der Waals surface area contributed by atoms with Crippen molar-refractivity contribution >= 4 is 21.6 Å². The van der Waals surface area contributed by atoms with Crippen LogP contribution in [0.5, 0.6) is 5.75 Å². The molecule has 0 spiro atoms. The number of methoxy groups -OCH3 is 1. The highest BCUT2D eigenvalue weighted by Crippen LogP contribution is 2.29. The van der Waals surface area contributed by atoms with Gasteiger partial charge in [-0.3, -0.25) is 4.79 Å². The summed E-state index contributed by atoms with van der Waals surface area (Å²) >= 11 is 0. The van der Waals surface area contributed by atoms with Crippen LogP contribution >= 0.6 is 0 Å². The highest BCUT2D eigenvalue weighted by Gasteiger charge is 2.29. The van der Waals surface area contributed by atoms with Gasteiger partial charge in [0.25, 0.3) is 0 Å². The molecule has 21 heavy (non-hydrogen) atoms.